The van der Waals surface area contributed by atoms with E-state index in [9.17, 15) is 13.6 Å². The smallest absolute Gasteiger partial charge is 0.261 e. The number of nitrogens with zero attached hydrogens (tertiary/aromatic N) is 8. The predicted octanol–water partition coefficient (Wildman–Crippen LogP) is 1.97. The van der Waals surface area contributed by atoms with Crippen LogP contribution in [0.5, 0.6) is 0 Å². The van der Waals surface area contributed by atoms with Gasteiger partial charge in [-0.1, -0.05) is 0 Å². The molecule has 3 aromatic heterocycles. The lowest BCUT2D eigenvalue weighted by atomic mass is 10.2. The molecule has 1 aromatic carbocycles. The fourth-order valence-corrected chi connectivity index (χ4v) is 4.15. The quantitative estimate of drug-likeness (QED) is 0.480. The van der Waals surface area contributed by atoms with Crippen molar-refractivity contribution in [1.29, 1.82) is 0 Å². The summed E-state index contributed by atoms with van der Waals surface area (Å²) in [5, 5.41) is 5.58. The summed E-state index contributed by atoms with van der Waals surface area (Å²) in [6, 6.07) is 5.36. The first-order chi connectivity index (χ1) is 15.4. The Morgan fingerprint density at radius 3 is 2.56 bits per heavy atom. The second kappa shape index (κ2) is 7.81. The highest BCUT2D eigenvalue weighted by Gasteiger charge is 2.22. The summed E-state index contributed by atoms with van der Waals surface area (Å²) in [5.74, 6) is 1.59. The van der Waals surface area contributed by atoms with Gasteiger partial charge >= 0.3 is 0 Å². The average molecular weight is 440 g/mol. The van der Waals surface area contributed by atoms with Gasteiger partial charge in [0.2, 0.25) is 0 Å². The highest BCUT2D eigenvalue weighted by molar-refractivity contribution is 5.87. The van der Waals surface area contributed by atoms with Crippen molar-refractivity contribution in [2.24, 2.45) is 7.05 Å². The molecule has 0 N–H and O–H groups in total. The van der Waals surface area contributed by atoms with Crippen molar-refractivity contribution in [2.75, 3.05) is 36.0 Å². The van der Waals surface area contributed by atoms with Crippen LogP contribution in [0.3, 0.4) is 0 Å². The minimum atomic E-state index is -2.60. The van der Waals surface area contributed by atoms with E-state index in [-0.39, 0.29) is 0 Å². The summed E-state index contributed by atoms with van der Waals surface area (Å²) in [5.41, 5.74) is 1.81. The van der Waals surface area contributed by atoms with E-state index in [0.29, 0.717) is 16.7 Å². The highest BCUT2D eigenvalue weighted by atomic mass is 19.3. The first-order valence-corrected chi connectivity index (χ1v) is 10.3. The van der Waals surface area contributed by atoms with E-state index in [1.54, 1.807) is 16.9 Å². The second-order valence-electron chi connectivity index (χ2n) is 7.87. The molecule has 0 saturated carbocycles. The number of alkyl halides is 2. The van der Waals surface area contributed by atoms with E-state index in [1.807, 2.05) is 26.1 Å². The van der Waals surface area contributed by atoms with Crippen molar-refractivity contribution < 1.29 is 8.78 Å². The van der Waals surface area contributed by atoms with Crippen LogP contribution in [0.4, 0.5) is 20.3 Å². The number of anilines is 2. The molecule has 1 aliphatic rings. The topological polar surface area (TPSA) is 85.0 Å². The van der Waals surface area contributed by atoms with Gasteiger partial charge in [-0.15, -0.1) is 0 Å². The first-order valence-electron chi connectivity index (χ1n) is 10.3. The Labute approximate surface area is 181 Å². The molecule has 5 rings (SSSR count). The maximum Gasteiger partial charge on any atom is 0.261 e. The third-order valence-corrected chi connectivity index (χ3v) is 5.77. The molecule has 0 radical (unpaired) electrons. The average Bonchev–Trinajstić information content (AvgIpc) is 3.15. The van der Waals surface area contributed by atoms with E-state index >= 15 is 0 Å². The van der Waals surface area contributed by atoms with Gasteiger partial charge in [-0.05, 0) is 25.1 Å². The van der Waals surface area contributed by atoms with Crippen molar-refractivity contribution in [1.82, 2.24) is 29.3 Å². The molecule has 0 unspecified atom stereocenters. The first kappa shape index (κ1) is 20.3. The molecule has 166 valence electrons. The Morgan fingerprint density at radius 2 is 1.81 bits per heavy atom. The fourth-order valence-electron chi connectivity index (χ4n) is 4.15. The third kappa shape index (κ3) is 3.53. The largest absolute Gasteiger partial charge is 0.368 e. The Morgan fingerprint density at radius 1 is 1.06 bits per heavy atom. The van der Waals surface area contributed by atoms with Crippen molar-refractivity contribution >= 4 is 33.4 Å². The van der Waals surface area contributed by atoms with Gasteiger partial charge in [0.1, 0.15) is 11.6 Å². The highest BCUT2D eigenvalue weighted by Crippen LogP contribution is 2.26. The maximum atomic E-state index is 12.7. The summed E-state index contributed by atoms with van der Waals surface area (Å²) in [4.78, 5) is 30.3. The van der Waals surface area contributed by atoms with Gasteiger partial charge in [0.15, 0.2) is 5.65 Å². The molecule has 0 spiro atoms. The molecule has 0 bridgehead atoms. The molecule has 9 nitrogen and oxygen atoms in total. The normalized spacial score (nSPS) is 14.8. The van der Waals surface area contributed by atoms with Crippen LogP contribution in [0, 0.1) is 6.92 Å². The molecule has 0 aliphatic carbocycles. The molecular formula is C21H22F2N8O. The van der Waals surface area contributed by atoms with Crippen molar-refractivity contribution in [2.45, 2.75) is 19.9 Å². The number of fused-ring (bicyclic) bond motifs is 2. The maximum absolute atomic E-state index is 12.7. The number of aromatic nitrogens is 6. The zero-order valence-electron chi connectivity index (χ0n) is 17.7. The minimum absolute atomic E-state index is 0.339. The summed E-state index contributed by atoms with van der Waals surface area (Å²) < 4.78 is 28.0. The monoisotopic (exact) mass is 440 g/mol. The van der Waals surface area contributed by atoms with Gasteiger partial charge in [-0.2, -0.15) is 5.10 Å². The zero-order chi connectivity index (χ0) is 22.4. The van der Waals surface area contributed by atoms with Gasteiger partial charge in [0.25, 0.3) is 12.0 Å². The van der Waals surface area contributed by atoms with Crippen LogP contribution in [0.1, 0.15) is 5.82 Å². The number of hydrogen-bond acceptors (Lipinski definition) is 7. The molecule has 0 amide bonds. The second-order valence-corrected chi connectivity index (χ2v) is 7.87. The lowest BCUT2D eigenvalue weighted by Crippen LogP contribution is -2.47. The lowest BCUT2D eigenvalue weighted by Gasteiger charge is -2.37. The van der Waals surface area contributed by atoms with Crippen molar-refractivity contribution in [3.05, 3.63) is 46.9 Å². The van der Waals surface area contributed by atoms with Crippen LogP contribution in [0.15, 0.2) is 35.5 Å². The lowest BCUT2D eigenvalue weighted by molar-refractivity contribution is 0.125. The van der Waals surface area contributed by atoms with Crippen LogP contribution < -0.4 is 15.4 Å². The van der Waals surface area contributed by atoms with Crippen LogP contribution >= 0.6 is 0 Å². The summed E-state index contributed by atoms with van der Waals surface area (Å²) >= 11 is 0. The number of piperazine rings is 1. The molecule has 4 aromatic rings. The number of benzene rings is 1. The van der Waals surface area contributed by atoms with Crippen LogP contribution in [0.2, 0.25) is 0 Å². The zero-order valence-corrected chi connectivity index (χ0v) is 17.7. The van der Waals surface area contributed by atoms with Crippen LogP contribution in [-0.4, -0.2) is 61.9 Å². The summed E-state index contributed by atoms with van der Waals surface area (Å²) in [6.07, 6.45) is 0.385. The van der Waals surface area contributed by atoms with E-state index in [1.165, 1.54) is 6.33 Å². The van der Waals surface area contributed by atoms with E-state index < -0.39 is 18.5 Å². The van der Waals surface area contributed by atoms with Crippen LogP contribution in [-0.2, 0) is 13.6 Å². The van der Waals surface area contributed by atoms with Gasteiger partial charge in [0.05, 0.1) is 35.4 Å². The molecule has 4 heterocycles. The van der Waals surface area contributed by atoms with Gasteiger partial charge in [-0.3, -0.25) is 14.0 Å². The summed E-state index contributed by atoms with van der Waals surface area (Å²) in [6.45, 7) is 4.28. The number of hydrogen-bond donors (Lipinski definition) is 0. The van der Waals surface area contributed by atoms with Crippen molar-refractivity contribution in [3.63, 3.8) is 0 Å². The van der Waals surface area contributed by atoms with Gasteiger partial charge in [0, 0.05) is 38.9 Å². The third-order valence-electron chi connectivity index (χ3n) is 5.77. The number of rotatable bonds is 4. The van der Waals surface area contributed by atoms with Crippen LogP contribution in [0.25, 0.3) is 21.9 Å². The minimum Gasteiger partial charge on any atom is -0.368 e. The Bertz CT molecular complexity index is 1360. The SMILES string of the molecule is Cc1nc(N2CCN(c3ccc4c(=O)n(CC(F)F)cnc4c3)CC2)c2cnn(C)c2n1. The number of halogens is 2. The Kier molecular flexibility index (Phi) is 4.95. The van der Waals surface area contributed by atoms with E-state index in [0.717, 1.165) is 53.3 Å². The molecule has 1 saturated heterocycles. The Hall–Kier alpha value is -3.63. The summed E-state index contributed by atoms with van der Waals surface area (Å²) in [7, 11) is 1.87. The molecule has 11 heteroatoms. The molecular weight excluding hydrogens is 418 g/mol. The van der Waals surface area contributed by atoms with E-state index in [4.69, 9.17) is 0 Å². The van der Waals surface area contributed by atoms with Gasteiger partial charge in [-0.25, -0.2) is 23.7 Å². The Balaban J connectivity index is 1.37. The molecule has 32 heavy (non-hydrogen) atoms. The fraction of sp³-hybridized carbons (Fsp3) is 0.381. The standard InChI is InChI=1S/C21H22F2N8O/c1-13-26-19-16(10-25-28(19)2)20(27-13)30-7-5-29(6-8-30)14-3-4-15-17(9-14)24-12-31(21(15)32)11-18(22)23/h3-4,9-10,12,18H,5-8,11H2,1-2H3. The molecule has 1 fully saturated rings. The molecule has 1 aliphatic heterocycles. The predicted molar refractivity (Wildman–Crippen MR) is 117 cm³/mol. The molecule has 0 atom stereocenters. The van der Waals surface area contributed by atoms with Crippen molar-refractivity contribution in [3.8, 4) is 0 Å². The number of aryl methyl sites for hydroxylation is 2. The van der Waals surface area contributed by atoms with E-state index in [2.05, 4.69) is 29.9 Å². The van der Waals surface area contributed by atoms with Gasteiger partial charge < -0.3 is 9.80 Å².